The van der Waals surface area contributed by atoms with Crippen LogP contribution < -0.4 is 4.74 Å². The van der Waals surface area contributed by atoms with Gasteiger partial charge in [0.25, 0.3) is 0 Å². The van der Waals surface area contributed by atoms with Crippen molar-refractivity contribution >= 4 is 23.4 Å². The molecule has 1 aliphatic carbocycles. The molecule has 0 amide bonds. The molecule has 2 aromatic rings. The molecular formula is C18H14O5. The van der Waals surface area contributed by atoms with Gasteiger partial charge in [0.2, 0.25) is 0 Å². The van der Waals surface area contributed by atoms with Crippen molar-refractivity contribution in [2.45, 2.75) is 0 Å². The summed E-state index contributed by atoms with van der Waals surface area (Å²) in [7, 11) is 2.77. The quantitative estimate of drug-likeness (QED) is 0.694. The highest BCUT2D eigenvalue weighted by atomic mass is 16.5. The number of phenols is 1. The minimum absolute atomic E-state index is 0.161. The first kappa shape index (κ1) is 14.8. The fourth-order valence-electron chi connectivity index (χ4n) is 2.55. The summed E-state index contributed by atoms with van der Waals surface area (Å²) in [5.41, 5.74) is 2.19. The van der Waals surface area contributed by atoms with Gasteiger partial charge in [-0.1, -0.05) is 12.1 Å². The molecule has 0 radical (unpaired) electrons. The van der Waals surface area contributed by atoms with Crippen LogP contribution in [0.2, 0.25) is 0 Å². The molecule has 0 atom stereocenters. The van der Waals surface area contributed by atoms with E-state index in [1.165, 1.54) is 20.3 Å². The smallest absolute Gasteiger partial charge is 0.338 e. The average Bonchev–Trinajstić information content (AvgIpc) is 2.57. The molecule has 5 heteroatoms. The molecule has 0 heterocycles. The third-order valence-corrected chi connectivity index (χ3v) is 3.76. The van der Waals surface area contributed by atoms with E-state index in [1.807, 2.05) is 0 Å². The maximum Gasteiger partial charge on any atom is 0.338 e. The number of phenolic OH excluding ortho intramolecular Hbond substituents is 1. The van der Waals surface area contributed by atoms with Gasteiger partial charge in [-0.3, -0.25) is 4.79 Å². The number of ketones is 1. The van der Waals surface area contributed by atoms with Crippen LogP contribution in [0.25, 0.3) is 11.6 Å². The molecule has 0 saturated carbocycles. The lowest BCUT2D eigenvalue weighted by atomic mass is 9.85. The van der Waals surface area contributed by atoms with Crippen molar-refractivity contribution in [1.82, 2.24) is 0 Å². The fraction of sp³-hybridized carbons (Fsp3) is 0.111. The third-order valence-electron chi connectivity index (χ3n) is 3.76. The van der Waals surface area contributed by atoms with Crippen LogP contribution in [0.3, 0.4) is 0 Å². The van der Waals surface area contributed by atoms with E-state index in [1.54, 1.807) is 36.4 Å². The van der Waals surface area contributed by atoms with Gasteiger partial charge in [0, 0.05) is 0 Å². The largest absolute Gasteiger partial charge is 0.507 e. The summed E-state index contributed by atoms with van der Waals surface area (Å²) in [6.45, 7) is 0. The fourth-order valence-corrected chi connectivity index (χ4v) is 2.55. The Morgan fingerprint density at radius 1 is 1.04 bits per heavy atom. The van der Waals surface area contributed by atoms with Crippen molar-refractivity contribution in [1.29, 1.82) is 0 Å². The van der Waals surface area contributed by atoms with Crippen LogP contribution in [0.4, 0.5) is 0 Å². The number of hydrogen-bond acceptors (Lipinski definition) is 5. The Morgan fingerprint density at radius 3 is 2.48 bits per heavy atom. The molecule has 0 fully saturated rings. The number of para-hydroxylation sites is 1. The summed E-state index contributed by atoms with van der Waals surface area (Å²) in [6, 6.07) is 9.77. The van der Waals surface area contributed by atoms with Crippen LogP contribution in [0, 0.1) is 0 Å². The summed E-state index contributed by atoms with van der Waals surface area (Å²) in [5.74, 6) is -0.567. The van der Waals surface area contributed by atoms with E-state index in [-0.39, 0.29) is 17.1 Å². The zero-order valence-corrected chi connectivity index (χ0v) is 12.6. The van der Waals surface area contributed by atoms with Crippen LogP contribution in [0.1, 0.15) is 27.0 Å². The van der Waals surface area contributed by atoms with E-state index in [0.717, 1.165) is 0 Å². The van der Waals surface area contributed by atoms with Crippen molar-refractivity contribution in [3.8, 4) is 11.5 Å². The average molecular weight is 310 g/mol. The molecule has 0 spiro atoms. The molecule has 0 aromatic heterocycles. The minimum Gasteiger partial charge on any atom is -0.507 e. The normalized spacial score (nSPS) is 11.8. The van der Waals surface area contributed by atoms with Gasteiger partial charge in [-0.25, -0.2) is 4.79 Å². The van der Waals surface area contributed by atoms with Crippen molar-refractivity contribution in [3.05, 3.63) is 58.7 Å². The Hall–Kier alpha value is -3.08. The molecule has 23 heavy (non-hydrogen) atoms. The van der Waals surface area contributed by atoms with E-state index < -0.39 is 5.97 Å². The first-order valence-corrected chi connectivity index (χ1v) is 6.92. The standard InChI is InChI=1S/C18H14O5/c1-22-16-6-4-3-5-11(16)17(20)14-8-10-7-13(18(21)23-2)12(10)9-15(14)19/h3-9,19H,1-2H3. The van der Waals surface area contributed by atoms with Gasteiger partial charge < -0.3 is 14.6 Å². The molecule has 2 aromatic carbocycles. The van der Waals surface area contributed by atoms with Crippen molar-refractivity contribution in [2.24, 2.45) is 0 Å². The van der Waals surface area contributed by atoms with Gasteiger partial charge in [0.1, 0.15) is 11.5 Å². The number of carbonyl (C=O) groups is 2. The van der Waals surface area contributed by atoms with Gasteiger partial charge in [0.05, 0.1) is 30.9 Å². The molecule has 5 nitrogen and oxygen atoms in total. The van der Waals surface area contributed by atoms with Gasteiger partial charge in [0.15, 0.2) is 5.78 Å². The second-order valence-corrected chi connectivity index (χ2v) is 5.04. The molecule has 3 rings (SSSR count). The number of hydrogen-bond donors (Lipinski definition) is 1. The van der Waals surface area contributed by atoms with E-state index in [4.69, 9.17) is 4.74 Å². The molecule has 0 bridgehead atoms. The second kappa shape index (κ2) is 5.61. The Bertz CT molecular complexity index is 848. The predicted molar refractivity (Wildman–Crippen MR) is 84.4 cm³/mol. The summed E-state index contributed by atoms with van der Waals surface area (Å²) in [5, 5.41) is 10.2. The zero-order valence-electron chi connectivity index (χ0n) is 12.6. The lowest BCUT2D eigenvalue weighted by Gasteiger charge is -2.20. The summed E-state index contributed by atoms with van der Waals surface area (Å²) in [4.78, 5) is 24.2. The number of ether oxygens (including phenoxy) is 2. The third kappa shape index (κ3) is 2.36. The summed E-state index contributed by atoms with van der Waals surface area (Å²) >= 11 is 0. The number of carbonyl (C=O) groups excluding carboxylic acids is 2. The van der Waals surface area contributed by atoms with Crippen molar-refractivity contribution in [2.75, 3.05) is 14.2 Å². The van der Waals surface area contributed by atoms with E-state index in [0.29, 0.717) is 28.0 Å². The Kier molecular flexibility index (Phi) is 3.62. The van der Waals surface area contributed by atoms with Crippen molar-refractivity contribution in [3.63, 3.8) is 0 Å². The maximum absolute atomic E-state index is 12.7. The Balaban J connectivity index is 2.00. The highest BCUT2D eigenvalue weighted by Crippen LogP contribution is 2.38. The number of esters is 1. The lowest BCUT2D eigenvalue weighted by Crippen LogP contribution is -2.13. The van der Waals surface area contributed by atoms with Gasteiger partial charge >= 0.3 is 5.97 Å². The van der Waals surface area contributed by atoms with Crippen LogP contribution in [0.15, 0.2) is 36.4 Å². The molecule has 0 unspecified atom stereocenters. The first-order valence-electron chi connectivity index (χ1n) is 6.92. The molecule has 116 valence electrons. The zero-order chi connectivity index (χ0) is 16.6. The topological polar surface area (TPSA) is 72.8 Å². The number of rotatable bonds is 4. The lowest BCUT2D eigenvalue weighted by molar-refractivity contribution is -0.133. The van der Waals surface area contributed by atoms with E-state index in [9.17, 15) is 14.7 Å². The van der Waals surface area contributed by atoms with Crippen LogP contribution in [-0.2, 0) is 9.53 Å². The summed E-state index contributed by atoms with van der Waals surface area (Å²) < 4.78 is 9.84. The molecule has 0 aliphatic heterocycles. The van der Waals surface area contributed by atoms with Gasteiger partial charge in [-0.05, 0) is 41.5 Å². The van der Waals surface area contributed by atoms with Crippen LogP contribution in [-0.4, -0.2) is 31.1 Å². The summed E-state index contributed by atoms with van der Waals surface area (Å²) in [6.07, 6.45) is 1.62. The Morgan fingerprint density at radius 2 is 1.78 bits per heavy atom. The number of fused-ring (bicyclic) bond motifs is 1. The SMILES string of the molecule is COC(=O)C1=Cc2cc(C(=O)c3ccccc3OC)c(O)cc21. The van der Waals surface area contributed by atoms with E-state index in [2.05, 4.69) is 4.74 Å². The van der Waals surface area contributed by atoms with Crippen molar-refractivity contribution < 1.29 is 24.2 Å². The predicted octanol–water partition coefficient (Wildman–Crippen LogP) is 2.66. The number of methoxy groups -OCH3 is 2. The molecule has 0 saturated heterocycles. The first-order chi connectivity index (χ1) is 11.1. The van der Waals surface area contributed by atoms with Gasteiger partial charge in [-0.15, -0.1) is 0 Å². The van der Waals surface area contributed by atoms with Crippen LogP contribution in [0.5, 0.6) is 11.5 Å². The molecule has 1 N–H and O–H groups in total. The number of benzene rings is 2. The van der Waals surface area contributed by atoms with Gasteiger partial charge in [-0.2, -0.15) is 0 Å². The monoisotopic (exact) mass is 310 g/mol. The Labute approximate surface area is 132 Å². The van der Waals surface area contributed by atoms with E-state index >= 15 is 0 Å². The molecule has 1 aliphatic rings. The number of aromatic hydroxyl groups is 1. The minimum atomic E-state index is -0.472. The highest BCUT2D eigenvalue weighted by molar-refractivity contribution is 6.28. The molecular weight excluding hydrogens is 296 g/mol. The second-order valence-electron chi connectivity index (χ2n) is 5.04. The maximum atomic E-state index is 12.7. The van der Waals surface area contributed by atoms with Crippen LogP contribution >= 0.6 is 0 Å². The highest BCUT2D eigenvalue weighted by Gasteiger charge is 2.27.